The number of allylic oxidation sites excluding steroid dienone is 2. The summed E-state index contributed by atoms with van der Waals surface area (Å²) in [5.41, 5.74) is 0.808. The number of ether oxygens (including phenoxy) is 1. The number of thioether (sulfide) groups is 1. The first kappa shape index (κ1) is 30.8. The number of anilines is 2. The molecule has 0 spiro atoms. The van der Waals surface area contributed by atoms with Crippen molar-refractivity contribution in [2.24, 2.45) is 0 Å². The van der Waals surface area contributed by atoms with Gasteiger partial charge in [0, 0.05) is 27.9 Å². The molecule has 2 atom stereocenters. The molecule has 1 heterocycles. The quantitative estimate of drug-likeness (QED) is 0.318. The molecule has 0 aliphatic carbocycles. The summed E-state index contributed by atoms with van der Waals surface area (Å²) >= 11 is 1.41. The fourth-order valence-electron chi connectivity index (χ4n) is 3.49. The van der Waals surface area contributed by atoms with Gasteiger partial charge in [-0.05, 0) is 84.0 Å². The standard InChI is InChI=1S/C28H34N4O6S2/c1-7-20(13-11-17(2)29-27(35)38-28(4,5)6)32-40(36,37)22-10-8-9-21(16-22)30-26(34)19-12-14-24-23(15-19)31-25(33)18(3)39-24/h7-18,32H,1-6H3,(H,29,35)(H,30,34)(H,31,33)/b13-11-,20-7+. The number of carbonyl (C=O) groups excluding carboxylic acids is 3. The van der Waals surface area contributed by atoms with E-state index in [1.807, 2.05) is 0 Å². The van der Waals surface area contributed by atoms with Gasteiger partial charge in [0.1, 0.15) is 5.60 Å². The maximum absolute atomic E-state index is 13.1. The highest BCUT2D eigenvalue weighted by atomic mass is 32.2. The fourth-order valence-corrected chi connectivity index (χ4v) is 5.57. The first-order valence-electron chi connectivity index (χ1n) is 12.6. The number of hydrogen-bond acceptors (Lipinski definition) is 7. The summed E-state index contributed by atoms with van der Waals surface area (Å²) in [6.45, 7) is 10.5. The summed E-state index contributed by atoms with van der Waals surface area (Å²) in [4.78, 5) is 37.6. The monoisotopic (exact) mass is 586 g/mol. The molecule has 1 aliphatic rings. The van der Waals surface area contributed by atoms with E-state index in [0.29, 0.717) is 11.3 Å². The zero-order chi connectivity index (χ0) is 29.7. The molecule has 0 bridgehead atoms. The molecule has 0 saturated carbocycles. The smallest absolute Gasteiger partial charge is 0.408 e. The molecular formula is C28H34N4O6S2. The van der Waals surface area contributed by atoms with E-state index in [2.05, 4.69) is 20.7 Å². The lowest BCUT2D eigenvalue weighted by molar-refractivity contribution is -0.115. The molecule has 40 heavy (non-hydrogen) atoms. The van der Waals surface area contributed by atoms with E-state index >= 15 is 0 Å². The summed E-state index contributed by atoms with van der Waals surface area (Å²) in [5.74, 6) is -0.587. The van der Waals surface area contributed by atoms with Crippen LogP contribution < -0.4 is 20.7 Å². The van der Waals surface area contributed by atoms with Gasteiger partial charge in [-0.1, -0.05) is 18.2 Å². The summed E-state index contributed by atoms with van der Waals surface area (Å²) in [6.07, 6.45) is 4.16. The van der Waals surface area contributed by atoms with Gasteiger partial charge in [0.05, 0.1) is 15.8 Å². The van der Waals surface area contributed by atoms with Gasteiger partial charge in [0.25, 0.3) is 15.9 Å². The molecule has 0 aromatic heterocycles. The molecule has 10 nitrogen and oxygen atoms in total. The number of benzene rings is 2. The van der Waals surface area contributed by atoms with Crippen molar-refractivity contribution in [1.82, 2.24) is 10.0 Å². The number of amides is 3. The minimum absolute atomic E-state index is 0.0546. The van der Waals surface area contributed by atoms with Gasteiger partial charge in [0.2, 0.25) is 5.91 Å². The molecule has 2 unspecified atom stereocenters. The van der Waals surface area contributed by atoms with Crippen molar-refractivity contribution < 1.29 is 27.5 Å². The molecule has 2 aromatic carbocycles. The van der Waals surface area contributed by atoms with Crippen LogP contribution in [0.3, 0.4) is 0 Å². The minimum Gasteiger partial charge on any atom is -0.444 e. The Balaban J connectivity index is 1.67. The lowest BCUT2D eigenvalue weighted by Gasteiger charge is -2.21. The van der Waals surface area contributed by atoms with Crippen LogP contribution in [0.2, 0.25) is 0 Å². The van der Waals surface area contributed by atoms with Crippen LogP contribution in [-0.2, 0) is 19.6 Å². The van der Waals surface area contributed by atoms with E-state index < -0.39 is 33.7 Å². The highest BCUT2D eigenvalue weighted by molar-refractivity contribution is 8.01. The van der Waals surface area contributed by atoms with E-state index in [4.69, 9.17) is 4.74 Å². The molecular weight excluding hydrogens is 552 g/mol. The van der Waals surface area contributed by atoms with Crippen molar-refractivity contribution in [1.29, 1.82) is 0 Å². The lowest BCUT2D eigenvalue weighted by atomic mass is 10.1. The van der Waals surface area contributed by atoms with E-state index in [1.165, 1.54) is 30.0 Å². The number of sulfonamides is 1. The molecule has 3 amide bonds. The number of hydrogen-bond donors (Lipinski definition) is 4. The van der Waals surface area contributed by atoms with Gasteiger partial charge in [-0.3, -0.25) is 14.3 Å². The van der Waals surface area contributed by atoms with Crippen LogP contribution in [0, 0.1) is 0 Å². The van der Waals surface area contributed by atoms with Gasteiger partial charge >= 0.3 is 6.09 Å². The van der Waals surface area contributed by atoms with Gasteiger partial charge < -0.3 is 20.7 Å². The Morgan fingerprint density at radius 1 is 1.15 bits per heavy atom. The first-order valence-corrected chi connectivity index (χ1v) is 14.9. The zero-order valence-electron chi connectivity index (χ0n) is 23.2. The van der Waals surface area contributed by atoms with Crippen molar-refractivity contribution in [3.8, 4) is 0 Å². The second kappa shape index (κ2) is 12.6. The zero-order valence-corrected chi connectivity index (χ0v) is 24.8. The lowest BCUT2D eigenvalue weighted by Crippen LogP contribution is -2.36. The van der Waals surface area contributed by atoms with Crippen LogP contribution in [0.25, 0.3) is 0 Å². The summed E-state index contributed by atoms with van der Waals surface area (Å²) in [7, 11) is -4.00. The predicted octanol–water partition coefficient (Wildman–Crippen LogP) is 5.02. The van der Waals surface area contributed by atoms with Gasteiger partial charge in [-0.25, -0.2) is 13.2 Å². The molecule has 214 valence electrons. The fraction of sp³-hybridized carbons (Fsp3) is 0.321. The number of alkyl carbamates (subject to hydrolysis) is 1. The normalized spacial score (nSPS) is 16.5. The first-order chi connectivity index (χ1) is 18.7. The molecule has 2 aromatic rings. The molecule has 0 saturated heterocycles. The third kappa shape index (κ3) is 8.62. The second-order valence-electron chi connectivity index (χ2n) is 10.1. The Hall–Kier alpha value is -3.77. The number of fused-ring (bicyclic) bond motifs is 1. The highest BCUT2D eigenvalue weighted by Gasteiger charge is 2.24. The summed E-state index contributed by atoms with van der Waals surface area (Å²) in [5, 5.41) is 7.93. The molecule has 0 radical (unpaired) electrons. The Kier molecular flexibility index (Phi) is 9.69. The summed E-state index contributed by atoms with van der Waals surface area (Å²) < 4.78 is 33.9. The maximum atomic E-state index is 13.1. The molecule has 4 N–H and O–H groups in total. The Labute approximate surface area is 239 Å². The van der Waals surface area contributed by atoms with Gasteiger partial charge in [-0.2, -0.15) is 0 Å². The topological polar surface area (TPSA) is 143 Å². The largest absolute Gasteiger partial charge is 0.444 e. The van der Waals surface area contributed by atoms with E-state index in [1.54, 1.807) is 84.0 Å². The van der Waals surface area contributed by atoms with Crippen molar-refractivity contribution in [3.63, 3.8) is 0 Å². The van der Waals surface area contributed by atoms with E-state index in [9.17, 15) is 22.8 Å². The molecule has 1 aliphatic heterocycles. The highest BCUT2D eigenvalue weighted by Crippen LogP contribution is 2.36. The summed E-state index contributed by atoms with van der Waals surface area (Å²) in [6, 6.07) is 10.4. The van der Waals surface area contributed by atoms with Crippen molar-refractivity contribution in [2.75, 3.05) is 10.6 Å². The number of nitrogens with one attached hydrogen (secondary N) is 4. The van der Waals surface area contributed by atoms with Crippen molar-refractivity contribution in [3.05, 3.63) is 72.0 Å². The number of carbonyl (C=O) groups is 3. The van der Waals surface area contributed by atoms with Gasteiger partial charge in [0.15, 0.2) is 0 Å². The van der Waals surface area contributed by atoms with E-state index in [-0.39, 0.29) is 27.4 Å². The third-order valence-electron chi connectivity index (χ3n) is 5.45. The average molecular weight is 587 g/mol. The van der Waals surface area contributed by atoms with Crippen LogP contribution in [0.1, 0.15) is 51.9 Å². The Morgan fingerprint density at radius 2 is 1.88 bits per heavy atom. The van der Waals surface area contributed by atoms with Crippen LogP contribution in [0.5, 0.6) is 0 Å². The van der Waals surface area contributed by atoms with E-state index in [0.717, 1.165) is 4.90 Å². The SMILES string of the molecule is C/C=C(\C=C/C(C)NC(=O)OC(C)(C)C)NS(=O)(=O)c1cccc(NC(=O)c2ccc3c(c2)NC(=O)C(C)S3)c1. The minimum atomic E-state index is -4.00. The Morgan fingerprint density at radius 3 is 2.55 bits per heavy atom. The average Bonchev–Trinajstić information content (AvgIpc) is 2.85. The Bertz CT molecular complexity index is 1460. The molecule has 3 rings (SSSR count). The van der Waals surface area contributed by atoms with Crippen molar-refractivity contribution in [2.45, 2.75) is 68.2 Å². The maximum Gasteiger partial charge on any atom is 0.408 e. The third-order valence-corrected chi connectivity index (χ3v) is 8.00. The predicted molar refractivity (Wildman–Crippen MR) is 157 cm³/mol. The van der Waals surface area contributed by atoms with Crippen molar-refractivity contribution >= 4 is 51.1 Å². The van der Waals surface area contributed by atoms with Crippen LogP contribution >= 0.6 is 11.8 Å². The second-order valence-corrected chi connectivity index (χ2v) is 13.2. The molecule has 12 heteroatoms. The number of rotatable bonds is 8. The van der Waals surface area contributed by atoms with Crippen LogP contribution in [-0.4, -0.2) is 43.2 Å². The van der Waals surface area contributed by atoms with Gasteiger partial charge in [-0.15, -0.1) is 11.8 Å². The van der Waals surface area contributed by atoms with Crippen LogP contribution in [0.15, 0.2) is 76.2 Å². The molecule has 0 fully saturated rings. The van der Waals surface area contributed by atoms with Crippen LogP contribution in [0.4, 0.5) is 16.2 Å².